The van der Waals surface area contributed by atoms with E-state index in [0.717, 1.165) is 0 Å². The van der Waals surface area contributed by atoms with Crippen LogP contribution in [0, 0.1) is 0 Å². The Kier molecular flexibility index (Phi) is 5.00. The summed E-state index contributed by atoms with van der Waals surface area (Å²) in [6.45, 7) is 7.60. The Bertz CT molecular complexity index is 579. The van der Waals surface area contributed by atoms with Gasteiger partial charge in [0.1, 0.15) is 0 Å². The quantitative estimate of drug-likeness (QED) is 0.798. The highest BCUT2D eigenvalue weighted by Gasteiger charge is 2.31. The Morgan fingerprint density at radius 3 is 2.76 bits per heavy atom. The van der Waals surface area contributed by atoms with E-state index < -0.39 is 10.0 Å². The third kappa shape index (κ3) is 3.62. The monoisotopic (exact) mass is 314 g/mol. The summed E-state index contributed by atoms with van der Waals surface area (Å²) < 4.78 is 30.8. The fourth-order valence-electron chi connectivity index (χ4n) is 2.36. The van der Waals surface area contributed by atoms with Crippen molar-refractivity contribution in [3.63, 3.8) is 0 Å². The van der Waals surface area contributed by atoms with E-state index in [1.54, 1.807) is 23.5 Å². The second kappa shape index (κ2) is 6.57. The minimum Gasteiger partial charge on any atom is -0.478 e. The van der Waals surface area contributed by atoms with Gasteiger partial charge in [0.2, 0.25) is 21.9 Å². The molecule has 0 amide bonds. The molecule has 7 nitrogen and oxygen atoms in total. The summed E-state index contributed by atoms with van der Waals surface area (Å²) in [6.07, 6.45) is 1.66. The number of nitrogens with zero attached hydrogens (tertiary/aromatic N) is 4. The lowest BCUT2D eigenvalue weighted by molar-refractivity contribution is 0.321. The lowest BCUT2D eigenvalue weighted by atomic mass is 10.2. The first-order valence-corrected chi connectivity index (χ1v) is 8.79. The zero-order valence-electron chi connectivity index (χ0n) is 12.7. The largest absolute Gasteiger partial charge is 0.478 e. The van der Waals surface area contributed by atoms with Gasteiger partial charge in [0.25, 0.3) is 0 Å². The van der Waals surface area contributed by atoms with Crippen LogP contribution in [0.3, 0.4) is 0 Å². The fourth-order valence-corrected chi connectivity index (χ4v) is 3.52. The van der Waals surface area contributed by atoms with E-state index in [1.165, 1.54) is 0 Å². The van der Waals surface area contributed by atoms with Crippen molar-refractivity contribution < 1.29 is 13.2 Å². The van der Waals surface area contributed by atoms with Crippen LogP contribution in [0.25, 0.3) is 0 Å². The van der Waals surface area contributed by atoms with E-state index in [4.69, 9.17) is 4.74 Å². The van der Waals surface area contributed by atoms with Crippen molar-refractivity contribution in [2.45, 2.75) is 26.8 Å². The van der Waals surface area contributed by atoms with Gasteiger partial charge in [0.15, 0.2) is 0 Å². The summed E-state index contributed by atoms with van der Waals surface area (Å²) >= 11 is 0. The molecule has 8 heteroatoms. The normalized spacial score (nSPS) is 20.5. The molecule has 21 heavy (non-hydrogen) atoms. The van der Waals surface area contributed by atoms with Gasteiger partial charge in [-0.15, -0.1) is 0 Å². The third-order valence-electron chi connectivity index (χ3n) is 3.51. The van der Waals surface area contributed by atoms with Crippen molar-refractivity contribution in [3.8, 4) is 5.88 Å². The van der Waals surface area contributed by atoms with Gasteiger partial charge in [-0.2, -0.15) is 9.29 Å². The standard InChI is InChI=1S/C13H22N4O3S/c1-4-20-12-6-7-14-13(15-12)17-9-8-16(10-11(17)3)21(18,19)5-2/h6-7,11H,4-5,8-10H2,1-3H3/t11-/m1/s1. The topological polar surface area (TPSA) is 75.6 Å². The summed E-state index contributed by atoms with van der Waals surface area (Å²) in [4.78, 5) is 10.7. The zero-order chi connectivity index (χ0) is 15.5. The van der Waals surface area contributed by atoms with Crippen molar-refractivity contribution in [2.75, 3.05) is 36.9 Å². The molecular formula is C13H22N4O3S. The van der Waals surface area contributed by atoms with Crippen LogP contribution in [0.15, 0.2) is 12.3 Å². The molecule has 1 atom stereocenters. The smallest absolute Gasteiger partial charge is 0.228 e. The van der Waals surface area contributed by atoms with Crippen molar-refractivity contribution in [1.29, 1.82) is 0 Å². The molecule has 0 unspecified atom stereocenters. The van der Waals surface area contributed by atoms with E-state index in [9.17, 15) is 8.42 Å². The molecule has 0 saturated carbocycles. The average molecular weight is 314 g/mol. The van der Waals surface area contributed by atoms with E-state index in [1.807, 2.05) is 18.7 Å². The summed E-state index contributed by atoms with van der Waals surface area (Å²) in [5.74, 6) is 1.26. The van der Waals surface area contributed by atoms with Crippen molar-refractivity contribution in [1.82, 2.24) is 14.3 Å². The zero-order valence-corrected chi connectivity index (χ0v) is 13.5. The molecule has 2 heterocycles. The van der Waals surface area contributed by atoms with Crippen LogP contribution in [0.5, 0.6) is 5.88 Å². The molecule has 0 N–H and O–H groups in total. The third-order valence-corrected chi connectivity index (χ3v) is 5.36. The van der Waals surface area contributed by atoms with Crippen molar-refractivity contribution >= 4 is 16.0 Å². The van der Waals surface area contributed by atoms with E-state index in [-0.39, 0.29) is 11.8 Å². The number of ether oxygens (including phenoxy) is 1. The van der Waals surface area contributed by atoms with Crippen LogP contribution >= 0.6 is 0 Å². The first-order chi connectivity index (χ1) is 9.97. The van der Waals surface area contributed by atoms with Crippen LogP contribution in [0.2, 0.25) is 0 Å². The molecule has 118 valence electrons. The number of rotatable bonds is 5. The molecule has 1 aromatic heterocycles. The lowest BCUT2D eigenvalue weighted by Gasteiger charge is -2.39. The Labute approximate surface area is 126 Å². The predicted octanol–water partition coefficient (Wildman–Crippen LogP) is 0.736. The molecule has 0 bridgehead atoms. The SMILES string of the molecule is CCOc1ccnc(N2CCN(S(=O)(=O)CC)C[C@H]2C)n1. The van der Waals surface area contributed by atoms with Crippen LogP contribution < -0.4 is 9.64 Å². The van der Waals surface area contributed by atoms with E-state index in [2.05, 4.69) is 9.97 Å². The predicted molar refractivity (Wildman–Crippen MR) is 81.0 cm³/mol. The molecule has 1 fully saturated rings. The van der Waals surface area contributed by atoms with Crippen molar-refractivity contribution in [3.05, 3.63) is 12.3 Å². The second-order valence-electron chi connectivity index (χ2n) is 4.93. The van der Waals surface area contributed by atoms with Gasteiger partial charge in [-0.05, 0) is 20.8 Å². The first-order valence-electron chi connectivity index (χ1n) is 7.18. The maximum atomic E-state index is 11.9. The van der Waals surface area contributed by atoms with Gasteiger partial charge in [0, 0.05) is 37.9 Å². The van der Waals surface area contributed by atoms with Gasteiger partial charge in [0.05, 0.1) is 12.4 Å². The lowest BCUT2D eigenvalue weighted by Crippen LogP contribution is -2.54. The van der Waals surface area contributed by atoms with Gasteiger partial charge in [-0.1, -0.05) is 0 Å². The van der Waals surface area contributed by atoms with Crippen LogP contribution in [0.1, 0.15) is 20.8 Å². The first kappa shape index (κ1) is 16.0. The Morgan fingerprint density at radius 2 is 2.14 bits per heavy atom. The molecule has 2 rings (SSSR count). The van der Waals surface area contributed by atoms with Crippen LogP contribution in [-0.2, 0) is 10.0 Å². The molecular weight excluding hydrogens is 292 g/mol. The highest BCUT2D eigenvalue weighted by atomic mass is 32.2. The molecule has 1 aromatic rings. The van der Waals surface area contributed by atoms with E-state index in [0.29, 0.717) is 38.1 Å². The average Bonchev–Trinajstić information content (AvgIpc) is 2.47. The summed E-state index contributed by atoms with van der Waals surface area (Å²) in [5.41, 5.74) is 0. The minimum absolute atomic E-state index is 0.0250. The second-order valence-corrected chi connectivity index (χ2v) is 7.19. The number of anilines is 1. The number of hydrogen-bond donors (Lipinski definition) is 0. The molecule has 0 radical (unpaired) electrons. The van der Waals surface area contributed by atoms with Gasteiger partial charge in [-0.25, -0.2) is 13.4 Å². The molecule has 0 aliphatic carbocycles. The molecule has 0 spiro atoms. The fraction of sp³-hybridized carbons (Fsp3) is 0.692. The van der Waals surface area contributed by atoms with Gasteiger partial charge in [-0.3, -0.25) is 0 Å². The number of sulfonamides is 1. The van der Waals surface area contributed by atoms with E-state index >= 15 is 0 Å². The van der Waals surface area contributed by atoms with Gasteiger partial charge >= 0.3 is 0 Å². The molecule has 1 saturated heterocycles. The maximum absolute atomic E-state index is 11.9. The molecule has 1 aliphatic rings. The highest BCUT2D eigenvalue weighted by Crippen LogP contribution is 2.20. The Balaban J connectivity index is 2.12. The highest BCUT2D eigenvalue weighted by molar-refractivity contribution is 7.89. The van der Waals surface area contributed by atoms with Crippen molar-refractivity contribution in [2.24, 2.45) is 0 Å². The Hall–Kier alpha value is -1.41. The van der Waals surface area contributed by atoms with Gasteiger partial charge < -0.3 is 9.64 Å². The summed E-state index contributed by atoms with van der Waals surface area (Å²) in [6, 6.07) is 1.74. The molecule has 1 aliphatic heterocycles. The molecule has 0 aromatic carbocycles. The summed E-state index contributed by atoms with van der Waals surface area (Å²) in [7, 11) is -3.14. The van der Waals surface area contributed by atoms with Crippen LogP contribution in [-0.4, -0.2) is 60.7 Å². The number of piperazine rings is 1. The number of hydrogen-bond acceptors (Lipinski definition) is 6. The maximum Gasteiger partial charge on any atom is 0.228 e. The summed E-state index contributed by atoms with van der Waals surface area (Å²) in [5, 5.41) is 0. The minimum atomic E-state index is -3.14. The Morgan fingerprint density at radius 1 is 1.38 bits per heavy atom. The number of aromatic nitrogens is 2. The van der Waals surface area contributed by atoms with Crippen LogP contribution in [0.4, 0.5) is 5.95 Å².